The second-order valence-corrected chi connectivity index (χ2v) is 23.1. The molecule has 1 saturated carbocycles. The van der Waals surface area contributed by atoms with E-state index in [0.717, 1.165) is 50.7 Å². The van der Waals surface area contributed by atoms with E-state index >= 15 is 0 Å². The molecule has 1 aliphatic heterocycles. The summed E-state index contributed by atoms with van der Waals surface area (Å²) in [7, 11) is 0. The van der Waals surface area contributed by atoms with Gasteiger partial charge in [-0.3, -0.25) is 9.67 Å². The molecule has 2 aliphatic carbocycles. The summed E-state index contributed by atoms with van der Waals surface area (Å²) < 4.78 is 9.15. The Bertz CT molecular complexity index is 3160. The number of hydrogen-bond donors (Lipinski definition) is 0. The fraction of sp³-hybridized carbons (Fsp3) is 0.312. The smallest absolute Gasteiger partial charge is 0.509 e. The molecule has 8 aromatic rings. The molecule has 3 heterocycles. The maximum absolute atomic E-state index is 7.10. The van der Waals surface area contributed by atoms with Crippen LogP contribution in [-0.2, 0) is 42.7 Å². The van der Waals surface area contributed by atoms with Gasteiger partial charge in [-0.05, 0) is 147 Å². The SMILES string of the molecule is Cc1cccc(C)c1-c1cc(Oc2[c-]c(C3(c4ccccn4)c4cc(C(C)(C)C)ccc4N(c4ccc(C(C)(C)C)cc4)c4ccc(C(C)(C)C)cc43)ccc2)[c-]c(-n2cc3c(n2)[C@@H]2CC[C@H]3C2)c1.[Pt+2]. The zero-order valence-corrected chi connectivity index (χ0v) is 44.8. The third-order valence-electron chi connectivity index (χ3n) is 15.3. The quantitative estimate of drug-likeness (QED) is 0.149. The molecule has 5 nitrogen and oxygen atoms in total. The van der Waals surface area contributed by atoms with Crippen molar-refractivity contribution in [3.63, 3.8) is 0 Å². The largest absolute Gasteiger partial charge is 2.00 e. The molecule has 0 spiro atoms. The Balaban J connectivity index is 0.00000567. The van der Waals surface area contributed by atoms with Crippen molar-refractivity contribution in [2.24, 2.45) is 0 Å². The molecule has 6 heteroatoms. The minimum atomic E-state index is -0.903. The van der Waals surface area contributed by atoms with Crippen molar-refractivity contribution in [3.8, 4) is 28.3 Å². The van der Waals surface area contributed by atoms with E-state index in [-0.39, 0.29) is 37.3 Å². The van der Waals surface area contributed by atoms with Crippen LogP contribution in [0.2, 0.25) is 0 Å². The van der Waals surface area contributed by atoms with E-state index in [2.05, 4.69) is 215 Å². The van der Waals surface area contributed by atoms with Crippen molar-refractivity contribution in [1.82, 2.24) is 14.8 Å². The first-order chi connectivity index (χ1) is 32.9. The maximum Gasteiger partial charge on any atom is 2.00 e. The number of nitrogens with zero attached hydrogens (tertiary/aromatic N) is 4. The Hall–Kier alpha value is -6.03. The number of anilines is 3. The van der Waals surface area contributed by atoms with Crippen LogP contribution in [0.5, 0.6) is 11.5 Å². The summed E-state index contributed by atoms with van der Waals surface area (Å²) in [5.41, 5.74) is 18.4. The van der Waals surface area contributed by atoms with E-state index in [0.29, 0.717) is 23.3 Å². The number of aryl methyl sites for hydroxylation is 2. The van der Waals surface area contributed by atoms with Crippen molar-refractivity contribution in [2.75, 3.05) is 4.90 Å². The van der Waals surface area contributed by atoms with Crippen LogP contribution in [0.1, 0.15) is 155 Å². The Labute approximate surface area is 430 Å². The molecular weight excluding hydrogens is 1040 g/mol. The van der Waals surface area contributed by atoms with Crippen LogP contribution in [0, 0.1) is 26.0 Å². The number of fused-ring (bicyclic) bond motifs is 7. The predicted octanol–water partition coefficient (Wildman–Crippen LogP) is 16.4. The summed E-state index contributed by atoms with van der Waals surface area (Å²) in [4.78, 5) is 7.79. The van der Waals surface area contributed by atoms with Gasteiger partial charge in [0.05, 0.1) is 28.2 Å². The van der Waals surface area contributed by atoms with Crippen molar-refractivity contribution in [3.05, 3.63) is 213 Å². The van der Waals surface area contributed by atoms with Crippen LogP contribution in [0.4, 0.5) is 17.1 Å². The first-order valence-electron chi connectivity index (χ1n) is 24.9. The Morgan fingerprint density at radius 1 is 0.614 bits per heavy atom. The van der Waals surface area contributed by atoms with E-state index in [9.17, 15) is 0 Å². The molecule has 0 N–H and O–H groups in total. The molecule has 11 rings (SSSR count). The number of ether oxygens (including phenoxy) is 1. The van der Waals surface area contributed by atoms with Gasteiger partial charge < -0.3 is 9.64 Å². The molecule has 356 valence electrons. The van der Waals surface area contributed by atoms with Crippen molar-refractivity contribution in [2.45, 2.75) is 129 Å². The summed E-state index contributed by atoms with van der Waals surface area (Å²) in [6.07, 6.45) is 7.90. The molecule has 2 atom stereocenters. The van der Waals surface area contributed by atoms with Crippen LogP contribution < -0.4 is 9.64 Å². The molecule has 0 unspecified atom stereocenters. The summed E-state index contributed by atoms with van der Waals surface area (Å²) in [5, 5.41) is 5.23. The molecule has 0 radical (unpaired) electrons. The standard InChI is InChI=1S/C64H64N4O.Pt/c1-40-16-14-17-41(2)59(40)44-33-50(67-39-53-42-21-22-43(32-42)60(53)66-67)38-52(34-44)69-51-19-15-18-48(35-51)64(58-20-12-13-31-65-58)54-36-46(62(6,7)8)25-29-56(54)68(49-27-23-45(24-28-49)61(3,4)5)57-30-26-47(37-55(57)64)63(9,10)11;/h12-20,23-31,33-34,36-37,39,42-43H,21-22,32H2,1-11H3;/q-2;+2/t42-,43+;/m0./s1. The van der Waals surface area contributed by atoms with Gasteiger partial charge in [0.1, 0.15) is 0 Å². The topological polar surface area (TPSA) is 43.2 Å². The van der Waals surface area contributed by atoms with Gasteiger partial charge in [-0.2, -0.15) is 17.2 Å². The van der Waals surface area contributed by atoms with E-state index in [1.807, 2.05) is 23.0 Å². The van der Waals surface area contributed by atoms with Gasteiger partial charge in [0, 0.05) is 35.5 Å². The number of rotatable bonds is 7. The number of hydrogen-bond acceptors (Lipinski definition) is 4. The minimum absolute atomic E-state index is 0. The van der Waals surface area contributed by atoms with Gasteiger partial charge >= 0.3 is 21.1 Å². The van der Waals surface area contributed by atoms with Crippen LogP contribution in [-0.4, -0.2) is 14.8 Å². The first kappa shape index (κ1) is 47.6. The molecule has 70 heavy (non-hydrogen) atoms. The molecule has 2 aromatic heterocycles. The summed E-state index contributed by atoms with van der Waals surface area (Å²) in [6, 6.07) is 54.5. The summed E-state index contributed by atoms with van der Waals surface area (Å²) in [6.45, 7) is 25.0. The fourth-order valence-electron chi connectivity index (χ4n) is 11.6. The van der Waals surface area contributed by atoms with Crippen LogP contribution in [0.3, 0.4) is 0 Å². The zero-order valence-electron chi connectivity index (χ0n) is 42.6. The number of aromatic nitrogens is 3. The Morgan fingerprint density at radius 2 is 1.23 bits per heavy atom. The second-order valence-electron chi connectivity index (χ2n) is 23.1. The van der Waals surface area contributed by atoms with E-state index < -0.39 is 5.41 Å². The number of pyridine rings is 1. The minimum Gasteiger partial charge on any atom is -0.509 e. The molecule has 1 fully saturated rings. The molecule has 2 bridgehead atoms. The van der Waals surface area contributed by atoms with E-state index in [1.54, 1.807) is 0 Å². The molecule has 0 amide bonds. The van der Waals surface area contributed by atoms with Crippen LogP contribution >= 0.6 is 0 Å². The van der Waals surface area contributed by atoms with E-state index in [1.165, 1.54) is 63.9 Å². The van der Waals surface area contributed by atoms with Crippen molar-refractivity contribution >= 4 is 17.1 Å². The maximum atomic E-state index is 7.10. The van der Waals surface area contributed by atoms with Gasteiger partial charge in [-0.15, -0.1) is 41.5 Å². The fourth-order valence-corrected chi connectivity index (χ4v) is 11.6. The predicted molar refractivity (Wildman–Crippen MR) is 282 cm³/mol. The van der Waals surface area contributed by atoms with E-state index in [4.69, 9.17) is 14.8 Å². The third-order valence-corrected chi connectivity index (χ3v) is 15.3. The third kappa shape index (κ3) is 8.07. The van der Waals surface area contributed by atoms with Gasteiger partial charge in [0.25, 0.3) is 0 Å². The summed E-state index contributed by atoms with van der Waals surface area (Å²) in [5.74, 6) is 2.38. The molecular formula is C64H64N4OPt. The average Bonchev–Trinajstić information content (AvgIpc) is 4.06. The summed E-state index contributed by atoms with van der Waals surface area (Å²) >= 11 is 0. The monoisotopic (exact) mass is 1100 g/mol. The molecule has 6 aromatic carbocycles. The van der Waals surface area contributed by atoms with Gasteiger partial charge in [0.15, 0.2) is 0 Å². The normalized spacial score (nSPS) is 16.9. The Kier molecular flexibility index (Phi) is 11.8. The molecule has 0 saturated heterocycles. The van der Waals surface area contributed by atoms with Crippen LogP contribution in [0.15, 0.2) is 140 Å². The van der Waals surface area contributed by atoms with Crippen molar-refractivity contribution < 1.29 is 25.8 Å². The average molecular weight is 1100 g/mol. The van der Waals surface area contributed by atoms with Crippen molar-refractivity contribution in [1.29, 1.82) is 0 Å². The first-order valence-corrected chi connectivity index (χ1v) is 24.9. The zero-order chi connectivity index (χ0) is 48.2. The van der Waals surface area contributed by atoms with Gasteiger partial charge in [0.2, 0.25) is 0 Å². The molecule has 3 aliphatic rings. The van der Waals surface area contributed by atoms with Gasteiger partial charge in [-0.25, -0.2) is 0 Å². The number of benzene rings is 6. The second kappa shape index (κ2) is 17.4. The Morgan fingerprint density at radius 3 is 1.83 bits per heavy atom. The van der Waals surface area contributed by atoms with Crippen LogP contribution in [0.25, 0.3) is 16.8 Å². The van der Waals surface area contributed by atoms with Gasteiger partial charge in [-0.1, -0.05) is 123 Å².